The largest absolute Gasteiger partial charge is 0.352 e. The van der Waals surface area contributed by atoms with Gasteiger partial charge in [-0.2, -0.15) is 5.10 Å². The fraction of sp³-hybridized carbons (Fsp3) is 0.333. The van der Waals surface area contributed by atoms with E-state index in [1.54, 1.807) is 31.5 Å². The summed E-state index contributed by atoms with van der Waals surface area (Å²) in [6.45, 7) is 6.24. The molecule has 3 N–H and O–H groups in total. The Kier molecular flexibility index (Phi) is 7.43. The van der Waals surface area contributed by atoms with Crippen molar-refractivity contribution in [3.8, 4) is 0 Å². The fourth-order valence-electron chi connectivity index (χ4n) is 3.51. The lowest BCUT2D eigenvalue weighted by molar-refractivity contribution is -0.120. The number of nitrogens with two attached hydrogens (primary N) is 1. The highest BCUT2D eigenvalue weighted by Crippen LogP contribution is 2.24. The van der Waals surface area contributed by atoms with Crippen molar-refractivity contribution in [2.45, 2.75) is 52.2 Å². The van der Waals surface area contributed by atoms with Gasteiger partial charge in [0.2, 0.25) is 5.91 Å². The second-order valence-electron chi connectivity index (χ2n) is 8.38. The molecule has 0 bridgehead atoms. The number of nitrogens with one attached hydrogen (secondary N) is 1. The van der Waals surface area contributed by atoms with Crippen molar-refractivity contribution in [1.29, 1.82) is 0 Å². The maximum Gasteiger partial charge on any atom is 0.270 e. The average molecular weight is 454 g/mol. The van der Waals surface area contributed by atoms with Gasteiger partial charge in [-0.05, 0) is 61.7 Å². The molecule has 0 saturated carbocycles. The van der Waals surface area contributed by atoms with Crippen molar-refractivity contribution in [1.82, 2.24) is 20.1 Å². The van der Waals surface area contributed by atoms with Crippen molar-refractivity contribution < 1.29 is 4.79 Å². The van der Waals surface area contributed by atoms with Crippen molar-refractivity contribution in [2.24, 2.45) is 5.73 Å². The molecule has 32 heavy (non-hydrogen) atoms. The van der Waals surface area contributed by atoms with Crippen LogP contribution in [-0.4, -0.2) is 20.7 Å². The van der Waals surface area contributed by atoms with Crippen molar-refractivity contribution in [2.75, 3.05) is 0 Å². The molecular weight excluding hydrogens is 426 g/mol. The first-order chi connectivity index (χ1) is 15.1. The standard InChI is InChI=1S/C24H28ClN5O2/c1-16-14-29-30(11-9-19-6-4-5-10-27-19)23(32)20(16)13-22(31)28-15-17-12-18(25)7-8-21(17)24(2,3)26/h4-8,10,12,14H,9,11,13,15,26H2,1-3H3,(H,28,31). The number of halogens is 1. The predicted molar refractivity (Wildman–Crippen MR) is 125 cm³/mol. The Morgan fingerprint density at radius 2 is 2.03 bits per heavy atom. The number of hydrogen-bond acceptors (Lipinski definition) is 5. The van der Waals surface area contributed by atoms with Gasteiger partial charge in [0.15, 0.2) is 0 Å². The summed E-state index contributed by atoms with van der Waals surface area (Å²) in [6.07, 6.45) is 3.88. The molecule has 0 fully saturated rings. The molecule has 3 rings (SSSR count). The van der Waals surface area contributed by atoms with Crippen LogP contribution in [0.3, 0.4) is 0 Å². The minimum absolute atomic E-state index is 0.0291. The second-order valence-corrected chi connectivity index (χ2v) is 8.82. The van der Waals surface area contributed by atoms with Gasteiger partial charge in [0.1, 0.15) is 0 Å². The molecule has 0 atom stereocenters. The number of amides is 1. The summed E-state index contributed by atoms with van der Waals surface area (Å²) in [4.78, 5) is 29.9. The molecule has 2 heterocycles. The van der Waals surface area contributed by atoms with Gasteiger partial charge in [0, 0.05) is 41.0 Å². The molecule has 0 saturated heterocycles. The predicted octanol–water partition coefficient (Wildman–Crippen LogP) is 2.90. The van der Waals surface area contributed by atoms with E-state index in [2.05, 4.69) is 15.4 Å². The molecule has 0 aliphatic heterocycles. The summed E-state index contributed by atoms with van der Waals surface area (Å²) in [6, 6.07) is 11.1. The number of rotatable bonds is 8. The zero-order valence-electron chi connectivity index (χ0n) is 18.6. The number of aryl methyl sites for hydroxylation is 3. The number of benzene rings is 1. The van der Waals surface area contributed by atoms with Crippen LogP contribution in [0, 0.1) is 6.92 Å². The van der Waals surface area contributed by atoms with Crippen molar-refractivity contribution >= 4 is 17.5 Å². The average Bonchev–Trinajstić information content (AvgIpc) is 2.74. The number of pyridine rings is 1. The first kappa shape index (κ1) is 23.6. The van der Waals surface area contributed by atoms with Gasteiger partial charge in [-0.15, -0.1) is 0 Å². The van der Waals surface area contributed by atoms with E-state index in [-0.39, 0.29) is 24.4 Å². The number of hydrogen-bond donors (Lipinski definition) is 2. The summed E-state index contributed by atoms with van der Waals surface area (Å²) in [5, 5.41) is 7.68. The molecule has 0 radical (unpaired) electrons. The Bertz CT molecular complexity index is 1150. The van der Waals surface area contributed by atoms with E-state index in [9.17, 15) is 9.59 Å². The quantitative estimate of drug-likeness (QED) is 0.545. The van der Waals surface area contributed by atoms with E-state index < -0.39 is 5.54 Å². The minimum atomic E-state index is -0.576. The zero-order valence-corrected chi connectivity index (χ0v) is 19.3. The molecule has 8 heteroatoms. The Labute approximate surface area is 192 Å². The topological polar surface area (TPSA) is 103 Å². The van der Waals surface area contributed by atoms with E-state index in [4.69, 9.17) is 17.3 Å². The van der Waals surface area contributed by atoms with Crippen LogP contribution >= 0.6 is 11.6 Å². The lowest BCUT2D eigenvalue weighted by atomic mass is 9.91. The van der Waals surface area contributed by atoms with E-state index in [0.717, 1.165) is 16.8 Å². The second kappa shape index (κ2) is 10.1. The smallest absolute Gasteiger partial charge is 0.270 e. The molecule has 3 aromatic rings. The number of nitrogens with zero attached hydrogens (tertiary/aromatic N) is 3. The van der Waals surface area contributed by atoms with Crippen LogP contribution in [0.5, 0.6) is 0 Å². The summed E-state index contributed by atoms with van der Waals surface area (Å²) in [5.74, 6) is -0.256. The van der Waals surface area contributed by atoms with Gasteiger partial charge in [-0.3, -0.25) is 14.6 Å². The van der Waals surface area contributed by atoms with E-state index in [0.29, 0.717) is 29.1 Å². The number of carbonyl (C=O) groups excluding carboxylic acids is 1. The third-order valence-corrected chi connectivity index (χ3v) is 5.48. The van der Waals surface area contributed by atoms with Gasteiger partial charge < -0.3 is 11.1 Å². The highest BCUT2D eigenvalue weighted by molar-refractivity contribution is 6.30. The minimum Gasteiger partial charge on any atom is -0.352 e. The van der Waals surface area contributed by atoms with Gasteiger partial charge in [-0.25, -0.2) is 4.68 Å². The van der Waals surface area contributed by atoms with Gasteiger partial charge in [0.05, 0.1) is 19.2 Å². The third kappa shape index (κ3) is 6.02. The molecule has 1 amide bonds. The lowest BCUT2D eigenvalue weighted by Gasteiger charge is -2.23. The lowest BCUT2D eigenvalue weighted by Crippen LogP contribution is -2.34. The van der Waals surface area contributed by atoms with Crippen molar-refractivity contribution in [3.05, 3.63) is 92.1 Å². The molecule has 0 aliphatic carbocycles. The van der Waals surface area contributed by atoms with E-state index in [1.165, 1.54) is 4.68 Å². The fourth-order valence-corrected chi connectivity index (χ4v) is 3.70. The Morgan fingerprint density at radius 1 is 1.25 bits per heavy atom. The SMILES string of the molecule is Cc1cnn(CCc2ccccn2)c(=O)c1CC(=O)NCc1cc(Cl)ccc1C(C)(C)N. The molecule has 0 spiro atoms. The van der Waals surface area contributed by atoms with E-state index in [1.807, 2.05) is 38.1 Å². The van der Waals surface area contributed by atoms with Gasteiger partial charge in [-0.1, -0.05) is 23.7 Å². The van der Waals surface area contributed by atoms with Crippen LogP contribution in [0.2, 0.25) is 5.02 Å². The van der Waals surface area contributed by atoms with Gasteiger partial charge >= 0.3 is 0 Å². The van der Waals surface area contributed by atoms with Crippen LogP contribution in [0.25, 0.3) is 0 Å². The maximum atomic E-state index is 12.9. The summed E-state index contributed by atoms with van der Waals surface area (Å²) in [7, 11) is 0. The van der Waals surface area contributed by atoms with Crippen LogP contribution < -0.4 is 16.6 Å². The Morgan fingerprint density at radius 3 is 2.72 bits per heavy atom. The molecule has 168 valence electrons. The normalized spacial score (nSPS) is 11.4. The summed E-state index contributed by atoms with van der Waals surface area (Å²) >= 11 is 6.14. The van der Waals surface area contributed by atoms with Gasteiger partial charge in [0.25, 0.3) is 5.56 Å². The number of aromatic nitrogens is 3. The van der Waals surface area contributed by atoms with E-state index >= 15 is 0 Å². The van der Waals surface area contributed by atoms with Crippen LogP contribution in [0.1, 0.15) is 41.8 Å². The number of carbonyl (C=O) groups is 1. The summed E-state index contributed by atoms with van der Waals surface area (Å²) in [5.41, 5.74) is 9.16. The van der Waals surface area contributed by atoms with Crippen LogP contribution in [0.15, 0.2) is 53.6 Å². The highest BCUT2D eigenvalue weighted by atomic mass is 35.5. The third-order valence-electron chi connectivity index (χ3n) is 5.24. The van der Waals surface area contributed by atoms with Crippen LogP contribution in [0.4, 0.5) is 0 Å². The molecule has 2 aromatic heterocycles. The molecule has 0 aliphatic rings. The first-order valence-electron chi connectivity index (χ1n) is 10.4. The molecule has 1 aromatic carbocycles. The Balaban J connectivity index is 1.70. The highest BCUT2D eigenvalue weighted by Gasteiger charge is 2.19. The van der Waals surface area contributed by atoms with Crippen LogP contribution in [-0.2, 0) is 36.3 Å². The Hall–Kier alpha value is -3.03. The zero-order chi connectivity index (χ0) is 23.3. The molecule has 7 nitrogen and oxygen atoms in total. The maximum absolute atomic E-state index is 12.9. The molecular formula is C24H28ClN5O2. The van der Waals surface area contributed by atoms with Crippen molar-refractivity contribution in [3.63, 3.8) is 0 Å². The summed E-state index contributed by atoms with van der Waals surface area (Å²) < 4.78 is 1.39. The monoisotopic (exact) mass is 453 g/mol. The first-order valence-corrected chi connectivity index (χ1v) is 10.8. The molecule has 0 unspecified atom stereocenters.